The van der Waals surface area contributed by atoms with E-state index in [-0.39, 0.29) is 5.91 Å². The molecule has 24 heavy (non-hydrogen) atoms. The van der Waals surface area contributed by atoms with Crippen LogP contribution in [0, 0.1) is 0 Å². The van der Waals surface area contributed by atoms with Crippen molar-refractivity contribution in [3.8, 4) is 16.3 Å². The molecular weight excluding hydrogens is 344 g/mol. The zero-order chi connectivity index (χ0) is 16.9. The van der Waals surface area contributed by atoms with E-state index in [9.17, 15) is 4.79 Å². The molecule has 0 aliphatic heterocycles. The van der Waals surface area contributed by atoms with Crippen LogP contribution in [0.3, 0.4) is 0 Å². The molecular formula is C18H15ClN2O2S. The summed E-state index contributed by atoms with van der Waals surface area (Å²) in [5, 5.41) is 5.96. The molecule has 0 bridgehead atoms. The summed E-state index contributed by atoms with van der Waals surface area (Å²) in [6.07, 6.45) is 0. The molecule has 0 aliphatic carbocycles. The number of anilines is 1. The smallest absolute Gasteiger partial charge is 0.275 e. The first-order valence-corrected chi connectivity index (χ1v) is 8.68. The largest absolute Gasteiger partial charge is 0.492 e. The van der Waals surface area contributed by atoms with Gasteiger partial charge in [0.05, 0.1) is 12.3 Å². The van der Waals surface area contributed by atoms with Crippen molar-refractivity contribution in [3.05, 3.63) is 64.6 Å². The Balaban J connectivity index is 1.79. The van der Waals surface area contributed by atoms with Crippen LogP contribution < -0.4 is 10.1 Å². The third-order valence-corrected chi connectivity index (χ3v) is 4.37. The van der Waals surface area contributed by atoms with Crippen LogP contribution in [0.15, 0.2) is 53.9 Å². The first-order chi connectivity index (χ1) is 11.7. The topological polar surface area (TPSA) is 51.2 Å². The summed E-state index contributed by atoms with van der Waals surface area (Å²) < 4.78 is 5.51. The van der Waals surface area contributed by atoms with Gasteiger partial charge >= 0.3 is 0 Å². The predicted molar refractivity (Wildman–Crippen MR) is 98.1 cm³/mol. The average Bonchev–Trinajstić information content (AvgIpc) is 3.07. The fourth-order valence-corrected chi connectivity index (χ4v) is 3.16. The van der Waals surface area contributed by atoms with Gasteiger partial charge in [0.1, 0.15) is 16.5 Å². The predicted octanol–water partition coefficient (Wildman–Crippen LogP) is 5.11. The third kappa shape index (κ3) is 3.75. The first-order valence-electron chi connectivity index (χ1n) is 7.42. The minimum Gasteiger partial charge on any atom is -0.492 e. The van der Waals surface area contributed by atoms with Crippen LogP contribution >= 0.6 is 22.9 Å². The quantitative estimate of drug-likeness (QED) is 0.689. The molecule has 3 aromatic rings. The van der Waals surface area contributed by atoms with Crippen LogP contribution in [0.25, 0.3) is 10.6 Å². The lowest BCUT2D eigenvalue weighted by Gasteiger charge is -2.10. The molecule has 0 unspecified atom stereocenters. The molecule has 0 saturated heterocycles. The summed E-state index contributed by atoms with van der Waals surface area (Å²) in [5.74, 6) is 0.366. The Morgan fingerprint density at radius 2 is 2.08 bits per heavy atom. The number of nitrogens with zero attached hydrogens (tertiary/aromatic N) is 1. The number of nitrogens with one attached hydrogen (secondary N) is 1. The van der Waals surface area contributed by atoms with Crippen molar-refractivity contribution in [1.29, 1.82) is 0 Å². The first kappa shape index (κ1) is 16.5. The maximum absolute atomic E-state index is 12.4. The summed E-state index contributed by atoms with van der Waals surface area (Å²) in [4.78, 5) is 16.8. The fraction of sp³-hybridized carbons (Fsp3) is 0.111. The van der Waals surface area contributed by atoms with Gasteiger partial charge in [0.25, 0.3) is 5.91 Å². The van der Waals surface area contributed by atoms with Crippen molar-refractivity contribution < 1.29 is 9.53 Å². The molecule has 0 radical (unpaired) electrons. The number of carbonyl (C=O) groups excluding carboxylic acids is 1. The number of para-hydroxylation sites is 2. The maximum Gasteiger partial charge on any atom is 0.275 e. The van der Waals surface area contributed by atoms with E-state index in [1.807, 2.05) is 43.3 Å². The Hall–Kier alpha value is -2.37. The summed E-state index contributed by atoms with van der Waals surface area (Å²) >= 11 is 7.41. The van der Waals surface area contributed by atoms with Gasteiger partial charge in [-0.1, -0.05) is 35.9 Å². The lowest BCUT2D eigenvalue weighted by molar-refractivity contribution is 0.102. The van der Waals surface area contributed by atoms with Gasteiger partial charge in [-0.25, -0.2) is 4.98 Å². The van der Waals surface area contributed by atoms with Crippen molar-refractivity contribution in [1.82, 2.24) is 4.98 Å². The van der Waals surface area contributed by atoms with E-state index in [0.717, 1.165) is 10.6 Å². The minimum absolute atomic E-state index is 0.272. The van der Waals surface area contributed by atoms with E-state index in [1.54, 1.807) is 17.5 Å². The fourth-order valence-electron chi connectivity index (χ4n) is 2.17. The zero-order valence-electron chi connectivity index (χ0n) is 13.0. The number of ether oxygens (including phenoxy) is 1. The number of hydrogen-bond donors (Lipinski definition) is 1. The van der Waals surface area contributed by atoms with Crippen LogP contribution in [0.1, 0.15) is 17.4 Å². The van der Waals surface area contributed by atoms with E-state index in [4.69, 9.17) is 16.3 Å². The molecule has 0 saturated carbocycles. The zero-order valence-corrected chi connectivity index (χ0v) is 14.5. The molecule has 0 aliphatic rings. The normalized spacial score (nSPS) is 10.4. The number of benzene rings is 2. The number of carbonyl (C=O) groups is 1. The minimum atomic E-state index is -0.272. The number of rotatable bonds is 5. The molecule has 1 heterocycles. The highest BCUT2D eigenvalue weighted by Crippen LogP contribution is 2.28. The third-order valence-electron chi connectivity index (χ3n) is 3.24. The molecule has 122 valence electrons. The van der Waals surface area contributed by atoms with Gasteiger partial charge in [-0.05, 0) is 31.2 Å². The standard InChI is InChI=1S/C18H15ClN2O2S/c1-2-23-16-9-4-3-8-14(16)20-17(22)15-11-24-18(21-15)12-6-5-7-13(19)10-12/h3-11H,2H2,1H3,(H,20,22). The second kappa shape index (κ2) is 7.47. The van der Waals surface area contributed by atoms with Gasteiger partial charge in [-0.2, -0.15) is 0 Å². The van der Waals surface area contributed by atoms with Crippen LogP contribution in [0.5, 0.6) is 5.75 Å². The SMILES string of the molecule is CCOc1ccccc1NC(=O)c1csc(-c2cccc(Cl)c2)n1. The monoisotopic (exact) mass is 358 g/mol. The molecule has 0 atom stereocenters. The molecule has 0 spiro atoms. The number of hydrogen-bond acceptors (Lipinski definition) is 4. The second-order valence-corrected chi connectivity index (χ2v) is 6.23. The second-order valence-electron chi connectivity index (χ2n) is 4.93. The Bertz CT molecular complexity index is 863. The van der Waals surface area contributed by atoms with Crippen molar-refractivity contribution >= 4 is 34.5 Å². The van der Waals surface area contributed by atoms with Crippen LogP contribution in [-0.4, -0.2) is 17.5 Å². The summed E-state index contributed by atoms with van der Waals surface area (Å²) in [6.45, 7) is 2.43. The van der Waals surface area contributed by atoms with Gasteiger partial charge in [0, 0.05) is 16.0 Å². The van der Waals surface area contributed by atoms with Gasteiger partial charge in [-0.15, -0.1) is 11.3 Å². The van der Waals surface area contributed by atoms with Crippen molar-refractivity contribution in [2.45, 2.75) is 6.92 Å². The Labute approximate surface area is 149 Å². The molecule has 3 rings (SSSR count). The van der Waals surface area contributed by atoms with Crippen molar-refractivity contribution in [2.24, 2.45) is 0 Å². The van der Waals surface area contributed by atoms with Gasteiger partial charge in [0.2, 0.25) is 0 Å². The molecule has 0 fully saturated rings. The Kier molecular flexibility index (Phi) is 5.13. The number of aromatic nitrogens is 1. The average molecular weight is 359 g/mol. The Morgan fingerprint density at radius 3 is 2.88 bits per heavy atom. The van der Waals surface area contributed by atoms with E-state index >= 15 is 0 Å². The number of amides is 1. The van der Waals surface area contributed by atoms with Crippen LogP contribution in [0.4, 0.5) is 5.69 Å². The van der Waals surface area contributed by atoms with Gasteiger partial charge in [0.15, 0.2) is 0 Å². The maximum atomic E-state index is 12.4. The molecule has 6 heteroatoms. The van der Waals surface area contributed by atoms with Gasteiger partial charge < -0.3 is 10.1 Å². The highest BCUT2D eigenvalue weighted by molar-refractivity contribution is 7.13. The Morgan fingerprint density at radius 1 is 1.25 bits per heavy atom. The van der Waals surface area contributed by atoms with Crippen molar-refractivity contribution in [2.75, 3.05) is 11.9 Å². The highest BCUT2D eigenvalue weighted by Gasteiger charge is 2.14. The summed E-state index contributed by atoms with van der Waals surface area (Å²) in [6, 6.07) is 14.7. The van der Waals surface area contributed by atoms with Crippen LogP contribution in [0.2, 0.25) is 5.02 Å². The molecule has 1 amide bonds. The van der Waals surface area contributed by atoms with E-state index in [2.05, 4.69) is 10.3 Å². The van der Waals surface area contributed by atoms with E-state index < -0.39 is 0 Å². The lowest BCUT2D eigenvalue weighted by Crippen LogP contribution is -2.13. The molecule has 4 nitrogen and oxygen atoms in total. The molecule has 1 N–H and O–H groups in total. The van der Waals surface area contributed by atoms with Crippen molar-refractivity contribution in [3.63, 3.8) is 0 Å². The summed E-state index contributed by atoms with van der Waals surface area (Å²) in [7, 11) is 0. The molecule has 2 aromatic carbocycles. The van der Waals surface area contributed by atoms with E-state index in [1.165, 1.54) is 11.3 Å². The summed E-state index contributed by atoms with van der Waals surface area (Å²) in [5.41, 5.74) is 1.88. The van der Waals surface area contributed by atoms with Crippen LogP contribution in [-0.2, 0) is 0 Å². The van der Waals surface area contributed by atoms with Gasteiger partial charge in [-0.3, -0.25) is 4.79 Å². The number of halogens is 1. The highest BCUT2D eigenvalue weighted by atomic mass is 35.5. The number of thiazole rings is 1. The lowest BCUT2D eigenvalue weighted by atomic mass is 10.2. The van der Waals surface area contributed by atoms with E-state index in [0.29, 0.717) is 28.8 Å². The molecule has 1 aromatic heterocycles.